The Bertz CT molecular complexity index is 1790. The molecule has 0 amide bonds. The molecule has 0 heterocycles. The van der Waals surface area contributed by atoms with Crippen LogP contribution in [-0.2, 0) is 0 Å². The zero-order chi connectivity index (χ0) is 26.7. The third-order valence-electron chi connectivity index (χ3n) is 7.97. The number of hydrogen-bond acceptors (Lipinski definition) is 0. The average molecular weight is 511 g/mol. The summed E-state index contributed by atoms with van der Waals surface area (Å²) in [5.74, 6) is 0.334. The van der Waals surface area contributed by atoms with Crippen LogP contribution in [0.1, 0.15) is 23.1 Å². The zero-order valence-corrected chi connectivity index (χ0v) is 22.4. The highest BCUT2D eigenvalue weighted by atomic mass is 14.2. The first kappa shape index (κ1) is 24.1. The monoisotopic (exact) mass is 510 g/mol. The van der Waals surface area contributed by atoms with E-state index < -0.39 is 0 Å². The summed E-state index contributed by atoms with van der Waals surface area (Å²) in [5.41, 5.74) is 9.00. The Balaban J connectivity index is 1.33. The maximum atomic E-state index is 2.44. The molecule has 1 aliphatic rings. The number of fused-ring (bicyclic) bond motifs is 2. The first-order valence-corrected chi connectivity index (χ1v) is 14.1. The Labute approximate surface area is 236 Å². The molecule has 0 saturated carbocycles. The lowest BCUT2D eigenvalue weighted by atomic mass is 9.83. The molecule has 190 valence electrons. The van der Waals surface area contributed by atoms with Crippen LogP contribution < -0.4 is 0 Å². The molecule has 7 rings (SSSR count). The molecule has 0 N–H and O–H groups in total. The molecular weight excluding hydrogens is 480 g/mol. The third-order valence-corrected chi connectivity index (χ3v) is 7.97. The highest BCUT2D eigenvalue weighted by molar-refractivity contribution is 6.19. The minimum atomic E-state index is 0.334. The van der Waals surface area contributed by atoms with E-state index in [-0.39, 0.29) is 0 Å². The van der Waals surface area contributed by atoms with Crippen molar-refractivity contribution in [2.45, 2.75) is 6.42 Å². The Kier molecular flexibility index (Phi) is 6.44. The lowest BCUT2D eigenvalue weighted by molar-refractivity contribution is 0.827. The summed E-state index contributed by atoms with van der Waals surface area (Å²) < 4.78 is 0. The molecular formula is C40H30. The molecule has 0 spiro atoms. The second kappa shape index (κ2) is 10.7. The molecule has 0 heteroatoms. The molecule has 1 unspecified atom stereocenters. The van der Waals surface area contributed by atoms with Gasteiger partial charge in [-0.3, -0.25) is 0 Å². The lowest BCUT2D eigenvalue weighted by Gasteiger charge is -2.21. The molecule has 0 radical (unpaired) electrons. The van der Waals surface area contributed by atoms with E-state index in [1.54, 1.807) is 0 Å². The van der Waals surface area contributed by atoms with Crippen LogP contribution in [-0.4, -0.2) is 0 Å². The van der Waals surface area contributed by atoms with Gasteiger partial charge in [0.05, 0.1) is 0 Å². The Morgan fingerprint density at radius 2 is 0.950 bits per heavy atom. The first-order valence-electron chi connectivity index (χ1n) is 14.1. The molecule has 0 bridgehead atoms. The molecule has 0 aromatic heterocycles. The van der Waals surface area contributed by atoms with Crippen molar-refractivity contribution in [3.8, 4) is 11.1 Å². The van der Waals surface area contributed by atoms with E-state index in [9.17, 15) is 0 Å². The van der Waals surface area contributed by atoms with Crippen LogP contribution in [0.15, 0.2) is 164 Å². The largest absolute Gasteiger partial charge is 0.0767 e. The van der Waals surface area contributed by atoms with Gasteiger partial charge in [-0.15, -0.1) is 0 Å². The van der Waals surface area contributed by atoms with Gasteiger partial charge in [0.2, 0.25) is 0 Å². The third kappa shape index (κ3) is 4.48. The summed E-state index contributed by atoms with van der Waals surface area (Å²) in [7, 11) is 0. The molecule has 0 aliphatic heterocycles. The smallest absolute Gasteiger partial charge is 0.000588 e. The van der Waals surface area contributed by atoms with Crippen LogP contribution >= 0.6 is 0 Å². The predicted molar refractivity (Wildman–Crippen MR) is 172 cm³/mol. The highest BCUT2D eigenvalue weighted by Gasteiger charge is 2.18. The minimum absolute atomic E-state index is 0.334. The van der Waals surface area contributed by atoms with Gasteiger partial charge >= 0.3 is 0 Å². The highest BCUT2D eigenvalue weighted by Crippen LogP contribution is 2.43. The van der Waals surface area contributed by atoms with Gasteiger partial charge in [0.15, 0.2) is 0 Å². The summed E-state index contributed by atoms with van der Waals surface area (Å²) in [5, 5.41) is 5.21. The Morgan fingerprint density at radius 1 is 0.500 bits per heavy atom. The van der Waals surface area contributed by atoms with Gasteiger partial charge in [-0.1, -0.05) is 164 Å². The van der Waals surface area contributed by atoms with Gasteiger partial charge in [-0.25, -0.2) is 0 Å². The molecule has 40 heavy (non-hydrogen) atoms. The van der Waals surface area contributed by atoms with E-state index in [1.807, 2.05) is 0 Å². The van der Waals surface area contributed by atoms with Crippen molar-refractivity contribution in [2.75, 3.05) is 0 Å². The van der Waals surface area contributed by atoms with E-state index in [1.165, 1.54) is 60.5 Å². The molecule has 0 nitrogen and oxygen atoms in total. The van der Waals surface area contributed by atoms with Crippen molar-refractivity contribution in [3.63, 3.8) is 0 Å². The van der Waals surface area contributed by atoms with Crippen molar-refractivity contribution < 1.29 is 0 Å². The molecule has 1 atom stereocenters. The van der Waals surface area contributed by atoms with Crippen molar-refractivity contribution in [2.24, 2.45) is 5.92 Å². The van der Waals surface area contributed by atoms with E-state index in [0.29, 0.717) is 5.92 Å². The van der Waals surface area contributed by atoms with Crippen LogP contribution in [0.5, 0.6) is 0 Å². The van der Waals surface area contributed by atoms with Crippen LogP contribution in [0.2, 0.25) is 0 Å². The van der Waals surface area contributed by atoms with Gasteiger partial charge < -0.3 is 0 Å². The quantitative estimate of drug-likeness (QED) is 0.202. The Hall–Kier alpha value is -4.94. The summed E-state index contributed by atoms with van der Waals surface area (Å²) in [6.07, 6.45) is 10.6. The summed E-state index contributed by atoms with van der Waals surface area (Å²) in [6.45, 7) is 0. The maximum Gasteiger partial charge on any atom is -0.000588 e. The maximum absolute atomic E-state index is 2.44. The molecule has 1 aliphatic carbocycles. The lowest BCUT2D eigenvalue weighted by Crippen LogP contribution is -2.00. The second-order valence-electron chi connectivity index (χ2n) is 10.4. The van der Waals surface area contributed by atoms with Crippen LogP contribution in [0.25, 0.3) is 43.8 Å². The zero-order valence-electron chi connectivity index (χ0n) is 22.4. The van der Waals surface area contributed by atoms with Gasteiger partial charge in [0, 0.05) is 0 Å². The summed E-state index contributed by atoms with van der Waals surface area (Å²) >= 11 is 0. The molecule has 6 aromatic carbocycles. The molecule has 0 saturated heterocycles. The van der Waals surface area contributed by atoms with E-state index in [4.69, 9.17) is 0 Å². The normalized spacial score (nSPS) is 14.7. The van der Waals surface area contributed by atoms with Crippen molar-refractivity contribution in [1.82, 2.24) is 0 Å². The predicted octanol–water partition coefficient (Wildman–Crippen LogP) is 10.8. The average Bonchev–Trinajstić information content (AvgIpc) is 3.04. The van der Waals surface area contributed by atoms with Crippen LogP contribution in [0.4, 0.5) is 0 Å². The van der Waals surface area contributed by atoms with Gasteiger partial charge in [0.25, 0.3) is 0 Å². The topological polar surface area (TPSA) is 0 Å². The minimum Gasteiger partial charge on any atom is -0.0767 e. The van der Waals surface area contributed by atoms with Crippen molar-refractivity contribution in [1.29, 1.82) is 0 Å². The Morgan fingerprint density at radius 3 is 1.43 bits per heavy atom. The van der Waals surface area contributed by atoms with E-state index in [2.05, 4.69) is 164 Å². The summed E-state index contributed by atoms with van der Waals surface area (Å²) in [6, 6.07) is 50.1. The number of hydrogen-bond donors (Lipinski definition) is 0. The number of rotatable bonds is 5. The van der Waals surface area contributed by atoms with E-state index in [0.717, 1.165) is 6.42 Å². The fraction of sp³-hybridized carbons (Fsp3) is 0.0500. The van der Waals surface area contributed by atoms with E-state index >= 15 is 0 Å². The van der Waals surface area contributed by atoms with Crippen molar-refractivity contribution >= 4 is 32.7 Å². The summed E-state index contributed by atoms with van der Waals surface area (Å²) in [4.78, 5) is 0. The molecule has 0 fully saturated rings. The number of allylic oxidation sites excluding steroid dienone is 5. The first-order chi connectivity index (χ1) is 19.9. The standard InChI is InChI=1S/C40H30/c1-4-14-30(15-5-1)38(31-16-6-2-7-17-31)28-29-24-26-33(27-25-29)40-36-22-12-10-20-34(36)39(32-18-8-3-9-19-32)35-21-11-13-23-37(35)40/h1-24,26-29H,25H2. The van der Waals surface area contributed by atoms with Gasteiger partial charge in [-0.2, -0.15) is 0 Å². The van der Waals surface area contributed by atoms with Crippen LogP contribution in [0, 0.1) is 5.92 Å². The van der Waals surface area contributed by atoms with Gasteiger partial charge in [-0.05, 0) is 72.8 Å². The number of benzene rings is 6. The SMILES string of the molecule is C1=CC(C=C(c2ccccc2)c2ccccc2)CC=C1c1c2ccccc2c(-c2ccccc2)c2ccccc12. The van der Waals surface area contributed by atoms with Gasteiger partial charge in [0.1, 0.15) is 0 Å². The van der Waals surface area contributed by atoms with Crippen LogP contribution in [0.3, 0.4) is 0 Å². The second-order valence-corrected chi connectivity index (χ2v) is 10.4. The molecule has 6 aromatic rings. The fourth-order valence-corrected chi connectivity index (χ4v) is 6.11. The van der Waals surface area contributed by atoms with Crippen molar-refractivity contribution in [3.05, 3.63) is 181 Å². The fourth-order valence-electron chi connectivity index (χ4n) is 6.11.